The Morgan fingerprint density at radius 3 is 2.82 bits per heavy atom. The minimum atomic E-state index is -3.03. The minimum absolute atomic E-state index is 0.546. The lowest BCUT2D eigenvalue weighted by Gasteiger charge is -2.30. The summed E-state index contributed by atoms with van der Waals surface area (Å²) < 4.78 is 26.7. The van der Waals surface area contributed by atoms with Gasteiger partial charge in [-0.25, -0.2) is 17.7 Å². The predicted octanol–water partition coefficient (Wildman–Crippen LogP) is 1.47. The van der Waals surface area contributed by atoms with Gasteiger partial charge in [-0.2, -0.15) is 0 Å². The molecule has 0 amide bonds. The summed E-state index contributed by atoms with van der Waals surface area (Å²) in [5.41, 5.74) is 2.29. The van der Waals surface area contributed by atoms with Gasteiger partial charge in [-0.15, -0.1) is 11.3 Å². The Morgan fingerprint density at radius 1 is 1.41 bits per heavy atom. The molecule has 1 aliphatic heterocycles. The summed E-state index contributed by atoms with van der Waals surface area (Å²) in [5.74, 6) is 0.546. The molecule has 0 atom stereocenters. The van der Waals surface area contributed by atoms with E-state index in [-0.39, 0.29) is 0 Å². The normalized spacial score (nSPS) is 18.3. The van der Waals surface area contributed by atoms with Crippen molar-refractivity contribution in [2.24, 2.45) is 5.92 Å². The van der Waals surface area contributed by atoms with Crippen molar-refractivity contribution in [2.75, 3.05) is 25.9 Å². The first-order valence-electron chi connectivity index (χ1n) is 7.52. The first-order valence-corrected chi connectivity index (χ1v) is 10.2. The Bertz CT molecular complexity index is 742. The first kappa shape index (κ1) is 15.9. The molecule has 0 saturated carbocycles. The minimum Gasteiger partial charge on any atom is -0.311 e. The Hall–Kier alpha value is -0.960. The summed E-state index contributed by atoms with van der Waals surface area (Å²) in [6.45, 7) is 5.06. The zero-order chi connectivity index (χ0) is 15.7. The Morgan fingerprint density at radius 2 is 2.14 bits per heavy atom. The predicted molar refractivity (Wildman–Crippen MR) is 88.7 cm³/mol. The molecule has 0 radical (unpaired) electrons. The highest BCUT2D eigenvalue weighted by molar-refractivity contribution is 7.88. The van der Waals surface area contributed by atoms with E-state index >= 15 is 0 Å². The molecule has 0 aliphatic carbocycles. The van der Waals surface area contributed by atoms with Crippen LogP contribution in [0.25, 0.3) is 4.96 Å². The van der Waals surface area contributed by atoms with E-state index in [0.29, 0.717) is 19.0 Å². The number of aromatic nitrogens is 2. The molecule has 122 valence electrons. The summed E-state index contributed by atoms with van der Waals surface area (Å²) in [4.78, 5) is 5.58. The molecule has 0 aromatic carbocycles. The van der Waals surface area contributed by atoms with Gasteiger partial charge >= 0.3 is 0 Å². The second-order valence-corrected chi connectivity index (χ2v) is 8.79. The van der Waals surface area contributed by atoms with Crippen LogP contribution >= 0.6 is 11.3 Å². The zero-order valence-corrected chi connectivity index (χ0v) is 14.6. The molecule has 6 nitrogen and oxygen atoms in total. The van der Waals surface area contributed by atoms with E-state index in [2.05, 4.69) is 20.9 Å². The van der Waals surface area contributed by atoms with Gasteiger partial charge in [0.1, 0.15) is 0 Å². The van der Waals surface area contributed by atoms with Crippen LogP contribution in [0.1, 0.15) is 24.2 Å². The number of aryl methyl sites for hydroxylation is 1. The third-order valence-corrected chi connectivity index (χ3v) is 6.39. The molecule has 3 heterocycles. The van der Waals surface area contributed by atoms with Crippen LogP contribution in [0.3, 0.4) is 0 Å². The molecular formula is C14H22N4O2S2. The lowest BCUT2D eigenvalue weighted by molar-refractivity contribution is 0.268. The molecule has 1 fully saturated rings. The van der Waals surface area contributed by atoms with Crippen molar-refractivity contribution in [3.05, 3.63) is 23.0 Å². The van der Waals surface area contributed by atoms with E-state index < -0.39 is 10.0 Å². The summed E-state index contributed by atoms with van der Waals surface area (Å²) >= 11 is 1.65. The van der Waals surface area contributed by atoms with Crippen LogP contribution in [-0.2, 0) is 16.6 Å². The Balaban J connectivity index is 1.50. The van der Waals surface area contributed by atoms with Gasteiger partial charge in [0.25, 0.3) is 0 Å². The molecule has 0 bridgehead atoms. The SMILES string of the molecule is Cc1nc2sccn2c1CNCC1CCN(S(C)(=O)=O)CC1. The molecule has 1 N–H and O–H groups in total. The van der Waals surface area contributed by atoms with Crippen LogP contribution < -0.4 is 5.32 Å². The van der Waals surface area contributed by atoms with Crippen molar-refractivity contribution in [3.8, 4) is 0 Å². The van der Waals surface area contributed by atoms with Gasteiger partial charge < -0.3 is 5.32 Å². The molecule has 0 spiro atoms. The number of thiazole rings is 1. The lowest BCUT2D eigenvalue weighted by Crippen LogP contribution is -2.40. The van der Waals surface area contributed by atoms with Crippen LogP contribution in [0, 0.1) is 12.8 Å². The molecule has 22 heavy (non-hydrogen) atoms. The van der Waals surface area contributed by atoms with Crippen LogP contribution in [0.5, 0.6) is 0 Å². The monoisotopic (exact) mass is 342 g/mol. The number of piperidine rings is 1. The standard InChI is InChI=1S/C14H22N4O2S2/c1-11-13(18-7-8-21-14(18)16-11)10-15-9-12-3-5-17(6-4-12)22(2,19)20/h7-8,12,15H,3-6,9-10H2,1-2H3. The van der Waals surface area contributed by atoms with E-state index in [1.54, 1.807) is 15.6 Å². The largest absolute Gasteiger partial charge is 0.311 e. The molecule has 0 unspecified atom stereocenters. The molecule has 8 heteroatoms. The molecular weight excluding hydrogens is 320 g/mol. The van der Waals surface area contributed by atoms with Crippen LogP contribution in [0.2, 0.25) is 0 Å². The lowest BCUT2D eigenvalue weighted by atomic mass is 9.98. The highest BCUT2D eigenvalue weighted by Crippen LogP contribution is 2.19. The highest BCUT2D eigenvalue weighted by Gasteiger charge is 2.24. The number of fused-ring (bicyclic) bond motifs is 1. The van der Waals surface area contributed by atoms with Crippen molar-refractivity contribution in [2.45, 2.75) is 26.3 Å². The van der Waals surface area contributed by atoms with Gasteiger partial charge in [0.15, 0.2) is 4.96 Å². The third-order valence-electron chi connectivity index (χ3n) is 4.33. The Kier molecular flexibility index (Phi) is 4.54. The summed E-state index contributed by atoms with van der Waals surface area (Å²) in [7, 11) is -3.03. The fourth-order valence-corrected chi connectivity index (χ4v) is 4.65. The topological polar surface area (TPSA) is 66.7 Å². The molecule has 2 aromatic rings. The van der Waals surface area contributed by atoms with Gasteiger partial charge in [0.05, 0.1) is 17.6 Å². The van der Waals surface area contributed by atoms with Crippen molar-refractivity contribution in [3.63, 3.8) is 0 Å². The van der Waals surface area contributed by atoms with Crippen molar-refractivity contribution in [1.82, 2.24) is 19.0 Å². The third kappa shape index (κ3) is 3.34. The fraction of sp³-hybridized carbons (Fsp3) is 0.643. The maximum Gasteiger partial charge on any atom is 0.211 e. The van der Waals surface area contributed by atoms with Crippen molar-refractivity contribution >= 4 is 26.3 Å². The number of hydrogen-bond donors (Lipinski definition) is 1. The van der Waals surface area contributed by atoms with E-state index in [4.69, 9.17) is 0 Å². The quantitative estimate of drug-likeness (QED) is 0.893. The van der Waals surface area contributed by atoms with E-state index in [0.717, 1.165) is 36.6 Å². The number of nitrogens with one attached hydrogen (secondary N) is 1. The number of nitrogens with zero attached hydrogens (tertiary/aromatic N) is 3. The Labute approximate surface area is 135 Å². The van der Waals surface area contributed by atoms with Gasteiger partial charge in [-0.1, -0.05) is 0 Å². The van der Waals surface area contributed by atoms with Gasteiger partial charge in [-0.05, 0) is 32.2 Å². The average molecular weight is 342 g/mol. The summed E-state index contributed by atoms with van der Waals surface area (Å²) in [5, 5.41) is 5.56. The molecule has 1 saturated heterocycles. The van der Waals surface area contributed by atoms with Crippen LogP contribution in [0.4, 0.5) is 0 Å². The fourth-order valence-electron chi connectivity index (χ4n) is 2.99. The van der Waals surface area contributed by atoms with Crippen LogP contribution in [0.15, 0.2) is 11.6 Å². The number of imidazole rings is 1. The number of hydrogen-bond acceptors (Lipinski definition) is 5. The molecule has 2 aromatic heterocycles. The van der Waals surface area contributed by atoms with Gasteiger partial charge in [0.2, 0.25) is 10.0 Å². The van der Waals surface area contributed by atoms with E-state index in [1.807, 2.05) is 12.3 Å². The van der Waals surface area contributed by atoms with E-state index in [1.165, 1.54) is 11.9 Å². The summed E-state index contributed by atoms with van der Waals surface area (Å²) in [6, 6.07) is 0. The van der Waals surface area contributed by atoms with E-state index in [9.17, 15) is 8.42 Å². The molecule has 1 aliphatic rings. The zero-order valence-electron chi connectivity index (χ0n) is 12.9. The van der Waals surface area contributed by atoms with Gasteiger partial charge in [0, 0.05) is 31.2 Å². The summed E-state index contributed by atoms with van der Waals surface area (Å²) in [6.07, 6.45) is 5.21. The second-order valence-electron chi connectivity index (χ2n) is 5.94. The first-order chi connectivity index (χ1) is 10.4. The highest BCUT2D eigenvalue weighted by atomic mass is 32.2. The smallest absolute Gasteiger partial charge is 0.211 e. The average Bonchev–Trinajstić information content (AvgIpc) is 3.01. The second kappa shape index (κ2) is 6.27. The van der Waals surface area contributed by atoms with Crippen LogP contribution in [-0.4, -0.2) is 48.0 Å². The van der Waals surface area contributed by atoms with Gasteiger partial charge in [-0.3, -0.25) is 4.40 Å². The molecule has 3 rings (SSSR count). The maximum absolute atomic E-state index is 11.5. The maximum atomic E-state index is 11.5. The van der Waals surface area contributed by atoms with Crippen molar-refractivity contribution < 1.29 is 8.42 Å². The van der Waals surface area contributed by atoms with Crippen molar-refractivity contribution in [1.29, 1.82) is 0 Å². The number of sulfonamides is 1. The number of rotatable bonds is 5.